The lowest BCUT2D eigenvalue weighted by molar-refractivity contribution is -0.309. The number of nitriles is 1. The highest BCUT2D eigenvalue weighted by molar-refractivity contribution is 7.99. The lowest BCUT2D eigenvalue weighted by atomic mass is 10.1. The molecule has 1 aliphatic rings. The molecule has 2 aromatic heterocycles. The van der Waals surface area contributed by atoms with Gasteiger partial charge in [-0.15, -0.1) is 11.3 Å². The van der Waals surface area contributed by atoms with E-state index in [0.29, 0.717) is 5.16 Å². The number of ketones is 1. The van der Waals surface area contributed by atoms with Gasteiger partial charge in [-0.25, -0.2) is 4.98 Å². The summed E-state index contributed by atoms with van der Waals surface area (Å²) in [5, 5.41) is 10.2. The number of thioether (sulfide) groups is 1. The van der Waals surface area contributed by atoms with Crippen molar-refractivity contribution in [1.82, 2.24) is 9.55 Å². The first-order chi connectivity index (χ1) is 11.4. The van der Waals surface area contributed by atoms with Gasteiger partial charge in [-0.3, -0.25) is 14.2 Å². The molecule has 3 rings (SSSR count). The summed E-state index contributed by atoms with van der Waals surface area (Å²) in [6.45, 7) is 3.57. The van der Waals surface area contributed by atoms with Crippen LogP contribution in [0, 0.1) is 17.2 Å². The third-order valence-electron chi connectivity index (χ3n) is 4.11. The second-order valence-electron chi connectivity index (χ2n) is 5.77. The zero-order chi connectivity index (χ0) is 17.4. The quantitative estimate of drug-likeness (QED) is 0.633. The molecule has 0 aliphatic heterocycles. The Morgan fingerprint density at radius 1 is 1.58 bits per heavy atom. The highest BCUT2D eigenvalue weighted by atomic mass is 32.2. The van der Waals surface area contributed by atoms with Crippen molar-refractivity contribution < 1.29 is 10.5 Å². The monoisotopic (exact) mass is 361 g/mol. The van der Waals surface area contributed by atoms with Gasteiger partial charge >= 0.3 is 0 Å². The summed E-state index contributed by atoms with van der Waals surface area (Å²) in [6.07, 6.45) is 3.04. The van der Waals surface area contributed by atoms with E-state index in [0.717, 1.165) is 35.0 Å². The molecule has 6 nitrogen and oxygen atoms in total. The molecule has 0 fully saturated rings. The van der Waals surface area contributed by atoms with Gasteiger partial charge < -0.3 is 5.73 Å². The van der Waals surface area contributed by atoms with Gasteiger partial charge in [-0.1, -0.05) is 11.8 Å². The number of allylic oxidation sites excluding steroid dienone is 1. The molecule has 2 aromatic rings. The average molecular weight is 361 g/mol. The smallest absolute Gasteiger partial charge is 0.262 e. The van der Waals surface area contributed by atoms with Crippen molar-refractivity contribution >= 4 is 39.1 Å². The van der Waals surface area contributed by atoms with Crippen LogP contribution in [0.15, 0.2) is 22.2 Å². The highest BCUT2D eigenvalue weighted by Crippen LogP contribution is 2.35. The summed E-state index contributed by atoms with van der Waals surface area (Å²) < 4.78 is 1.49. The Labute approximate surface area is 147 Å². The molecule has 0 aromatic carbocycles. The number of carbonyl (C=O) groups excluding carboxylic acids is 1. The Bertz CT molecular complexity index is 952. The number of aromatic nitrogens is 2. The van der Waals surface area contributed by atoms with E-state index in [-0.39, 0.29) is 22.8 Å². The van der Waals surface area contributed by atoms with E-state index in [2.05, 4.69) is 17.3 Å². The van der Waals surface area contributed by atoms with Gasteiger partial charge in [0.15, 0.2) is 16.9 Å². The van der Waals surface area contributed by atoms with Crippen LogP contribution in [0.25, 0.3) is 10.2 Å². The van der Waals surface area contributed by atoms with Gasteiger partial charge in [0.1, 0.15) is 10.5 Å². The molecule has 0 bridgehead atoms. The first kappa shape index (κ1) is 16.9. The molecule has 24 heavy (non-hydrogen) atoms. The molecule has 124 valence electrons. The van der Waals surface area contributed by atoms with Crippen LogP contribution in [0.1, 0.15) is 16.9 Å². The number of hydrogen-bond acceptors (Lipinski definition) is 6. The first-order valence-electron chi connectivity index (χ1n) is 7.51. The maximum absolute atomic E-state index is 12.7. The fourth-order valence-electron chi connectivity index (χ4n) is 2.84. The summed E-state index contributed by atoms with van der Waals surface area (Å²) in [5.74, 6) is -1.13. The number of quaternary nitrogens is 1. The Balaban J connectivity index is 1.90. The largest absolute Gasteiger partial charge is 0.328 e. The van der Waals surface area contributed by atoms with Crippen LogP contribution in [-0.2, 0) is 24.7 Å². The minimum atomic E-state index is -0.913. The third-order valence-corrected chi connectivity index (χ3v) is 6.35. The molecule has 1 atom stereocenters. The van der Waals surface area contributed by atoms with E-state index in [1.54, 1.807) is 18.4 Å². The summed E-state index contributed by atoms with van der Waals surface area (Å²) in [6, 6.07) is 1.91. The van der Waals surface area contributed by atoms with E-state index in [4.69, 9.17) is 5.26 Å². The second-order valence-corrected chi connectivity index (χ2v) is 7.80. The van der Waals surface area contributed by atoms with Gasteiger partial charge in [0.05, 0.1) is 17.2 Å². The molecule has 0 saturated heterocycles. The molecular formula is C16H17N4O2S2+. The number of nitrogens with zero attached hydrogens (tertiary/aromatic N) is 3. The molecule has 3 N–H and O–H groups in total. The summed E-state index contributed by atoms with van der Waals surface area (Å²) >= 11 is 2.75. The van der Waals surface area contributed by atoms with E-state index in [1.165, 1.54) is 21.2 Å². The highest BCUT2D eigenvalue weighted by Gasteiger charge is 2.25. The Hall–Kier alpha value is -1.95. The number of Topliss-reactive ketones (excluding diaryl/α,β-unsaturated/α-hetero) is 1. The SMILES string of the molecule is C=C([NH3+])[C@@H](C#N)C(=O)CSc1nc2sc3c(c2c(=O)n1C)CCC3. The van der Waals surface area contributed by atoms with Crippen LogP contribution < -0.4 is 11.3 Å². The van der Waals surface area contributed by atoms with Crippen LogP contribution in [0.3, 0.4) is 0 Å². The normalized spacial score (nSPS) is 14.4. The Morgan fingerprint density at radius 2 is 2.33 bits per heavy atom. The van der Waals surface area contributed by atoms with Crippen molar-refractivity contribution in [2.45, 2.75) is 24.4 Å². The summed E-state index contributed by atoms with van der Waals surface area (Å²) in [7, 11) is 1.67. The summed E-state index contributed by atoms with van der Waals surface area (Å²) in [4.78, 5) is 31.3. The predicted octanol–water partition coefficient (Wildman–Crippen LogP) is 1.04. The van der Waals surface area contributed by atoms with Crippen molar-refractivity contribution in [3.05, 3.63) is 33.1 Å². The van der Waals surface area contributed by atoms with E-state index in [9.17, 15) is 9.59 Å². The van der Waals surface area contributed by atoms with Gasteiger partial charge in [0, 0.05) is 11.9 Å². The van der Waals surface area contributed by atoms with Gasteiger partial charge in [0.2, 0.25) is 0 Å². The minimum Gasteiger partial charge on any atom is -0.328 e. The zero-order valence-electron chi connectivity index (χ0n) is 13.3. The molecule has 1 aliphatic carbocycles. The van der Waals surface area contributed by atoms with E-state index < -0.39 is 5.92 Å². The molecular weight excluding hydrogens is 344 g/mol. The standard InChI is InChI=1S/C16H16N4O2S2/c1-8(18)10(6-17)11(21)7-23-16-19-14-13(15(22)20(16)2)9-4-3-5-12(9)24-14/h10H,1,3-5,7,18H2,2H3/p+1/t10-/m1/s1. The van der Waals surface area contributed by atoms with Gasteiger partial charge in [-0.05, 0) is 31.4 Å². The number of thiophene rings is 1. The van der Waals surface area contributed by atoms with Crippen molar-refractivity contribution in [3.63, 3.8) is 0 Å². The minimum absolute atomic E-state index is 0.0592. The lowest BCUT2D eigenvalue weighted by Gasteiger charge is -2.08. The van der Waals surface area contributed by atoms with Crippen LogP contribution in [0.2, 0.25) is 0 Å². The van der Waals surface area contributed by atoms with Gasteiger partial charge in [0.25, 0.3) is 5.56 Å². The van der Waals surface area contributed by atoms with Crippen molar-refractivity contribution in [3.8, 4) is 6.07 Å². The number of rotatable bonds is 5. The topological polar surface area (TPSA) is 103 Å². The Morgan fingerprint density at radius 3 is 3.00 bits per heavy atom. The van der Waals surface area contributed by atoms with Crippen LogP contribution >= 0.6 is 23.1 Å². The second kappa shape index (κ2) is 6.51. The molecule has 2 heterocycles. The maximum atomic E-state index is 12.7. The third kappa shape index (κ3) is 2.79. The molecule has 0 radical (unpaired) electrons. The molecule has 0 amide bonds. The van der Waals surface area contributed by atoms with Gasteiger partial charge in [-0.2, -0.15) is 5.26 Å². The number of aryl methyl sites for hydroxylation is 2. The first-order valence-corrected chi connectivity index (χ1v) is 9.31. The van der Waals surface area contributed by atoms with Crippen LogP contribution in [0.4, 0.5) is 0 Å². The van der Waals surface area contributed by atoms with Crippen molar-refractivity contribution in [2.75, 3.05) is 5.75 Å². The predicted molar refractivity (Wildman–Crippen MR) is 93.7 cm³/mol. The number of fused-ring (bicyclic) bond motifs is 3. The lowest BCUT2D eigenvalue weighted by Crippen LogP contribution is -2.51. The molecule has 0 unspecified atom stereocenters. The fourth-order valence-corrected chi connectivity index (χ4v) is 5.02. The van der Waals surface area contributed by atoms with Crippen LogP contribution in [-0.4, -0.2) is 21.1 Å². The zero-order valence-corrected chi connectivity index (χ0v) is 14.9. The number of hydrogen-bond donors (Lipinski definition) is 1. The summed E-state index contributed by atoms with van der Waals surface area (Å²) in [5.41, 5.74) is 4.94. The van der Waals surface area contributed by atoms with Crippen LogP contribution in [0.5, 0.6) is 0 Å². The Kier molecular flexibility index (Phi) is 4.58. The van der Waals surface area contributed by atoms with Crippen molar-refractivity contribution in [1.29, 1.82) is 5.26 Å². The molecule has 0 spiro atoms. The average Bonchev–Trinajstić information content (AvgIpc) is 3.10. The van der Waals surface area contributed by atoms with E-state index >= 15 is 0 Å². The maximum Gasteiger partial charge on any atom is 0.262 e. The molecule has 8 heteroatoms. The van der Waals surface area contributed by atoms with Crippen molar-refractivity contribution in [2.24, 2.45) is 13.0 Å². The number of carbonyl (C=O) groups is 1. The van der Waals surface area contributed by atoms with E-state index in [1.807, 2.05) is 6.07 Å². The molecule has 0 saturated carbocycles. The fraction of sp³-hybridized carbons (Fsp3) is 0.375.